The second kappa shape index (κ2) is 18.3. The van der Waals surface area contributed by atoms with Crippen molar-refractivity contribution in [3.8, 4) is 0 Å². The molecule has 0 aromatic carbocycles. The van der Waals surface area contributed by atoms with Crippen molar-refractivity contribution in [2.24, 2.45) is 11.8 Å². The summed E-state index contributed by atoms with van der Waals surface area (Å²) in [7, 11) is 0. The fourth-order valence-corrected chi connectivity index (χ4v) is 4.28. The molecule has 5 heteroatoms. The maximum atomic E-state index is 12.7. The number of carbonyl (C=O) groups is 2. The van der Waals surface area contributed by atoms with Crippen LogP contribution in [0.5, 0.6) is 0 Å². The number of rotatable bonds is 17. The minimum atomic E-state index is -0.576. The third kappa shape index (κ3) is 14.4. The third-order valence-corrected chi connectivity index (χ3v) is 6.19. The van der Waals surface area contributed by atoms with Crippen molar-refractivity contribution in [1.29, 1.82) is 0 Å². The Labute approximate surface area is 191 Å². The number of hydrogen-bond acceptors (Lipinski definition) is 4. The number of hydrogen-bond donors (Lipinski definition) is 1. The van der Waals surface area contributed by atoms with Gasteiger partial charge in [0.1, 0.15) is 6.04 Å². The predicted octanol–water partition coefficient (Wildman–Crippen LogP) is 7.17. The number of esters is 1. The molecule has 0 heterocycles. The van der Waals surface area contributed by atoms with E-state index in [1.807, 2.05) is 13.8 Å². The Morgan fingerprint density at radius 2 is 1.35 bits per heavy atom. The molecule has 0 aromatic heterocycles. The van der Waals surface area contributed by atoms with Crippen LogP contribution in [0.1, 0.15) is 124 Å². The van der Waals surface area contributed by atoms with Crippen LogP contribution in [0.4, 0.5) is 4.79 Å². The molecule has 0 aliphatic heterocycles. The maximum Gasteiger partial charge on any atom is 0.407 e. The van der Waals surface area contributed by atoms with E-state index in [4.69, 9.17) is 9.47 Å². The molecule has 1 aliphatic rings. The number of amides is 1. The zero-order valence-corrected chi connectivity index (χ0v) is 20.6. The third-order valence-electron chi connectivity index (χ3n) is 6.19. The van der Waals surface area contributed by atoms with E-state index in [0.29, 0.717) is 13.2 Å². The van der Waals surface area contributed by atoms with Crippen LogP contribution in [0.25, 0.3) is 0 Å². The zero-order chi connectivity index (χ0) is 22.7. The Bertz CT molecular complexity index is 460. The molecule has 5 nitrogen and oxygen atoms in total. The highest BCUT2D eigenvalue weighted by atomic mass is 16.6. The Morgan fingerprint density at radius 3 is 1.90 bits per heavy atom. The molecule has 1 aliphatic carbocycles. The van der Waals surface area contributed by atoms with Gasteiger partial charge in [-0.2, -0.15) is 0 Å². The molecule has 1 atom stereocenters. The van der Waals surface area contributed by atoms with Crippen LogP contribution >= 0.6 is 0 Å². The van der Waals surface area contributed by atoms with E-state index in [-0.39, 0.29) is 17.8 Å². The normalized spacial score (nSPS) is 15.6. The molecule has 1 unspecified atom stereocenters. The second-order valence-electron chi connectivity index (χ2n) is 9.72. The molecule has 0 radical (unpaired) electrons. The van der Waals surface area contributed by atoms with Crippen LogP contribution in [0.15, 0.2) is 0 Å². The lowest BCUT2D eigenvalue weighted by Crippen LogP contribution is -2.47. The van der Waals surface area contributed by atoms with Crippen LogP contribution < -0.4 is 5.32 Å². The molecule has 182 valence electrons. The number of ether oxygens (including phenoxy) is 2. The molecule has 0 aromatic rings. The molecule has 1 fully saturated rings. The van der Waals surface area contributed by atoms with Gasteiger partial charge in [0.25, 0.3) is 0 Å². The summed E-state index contributed by atoms with van der Waals surface area (Å²) in [5.74, 6) is 0.137. The number of carbonyl (C=O) groups excluding carboxylic acids is 2. The highest BCUT2D eigenvalue weighted by molar-refractivity contribution is 5.81. The lowest BCUT2D eigenvalue weighted by molar-refractivity contribution is -0.148. The highest BCUT2D eigenvalue weighted by Crippen LogP contribution is 2.27. The Balaban J connectivity index is 2.21. The summed E-state index contributed by atoms with van der Waals surface area (Å²) < 4.78 is 10.8. The van der Waals surface area contributed by atoms with Gasteiger partial charge in [-0.15, -0.1) is 0 Å². The van der Waals surface area contributed by atoms with Gasteiger partial charge in [0.15, 0.2) is 0 Å². The second-order valence-corrected chi connectivity index (χ2v) is 9.72. The van der Waals surface area contributed by atoms with Crippen LogP contribution in [0.3, 0.4) is 0 Å². The van der Waals surface area contributed by atoms with Crippen molar-refractivity contribution in [3.63, 3.8) is 0 Å². The van der Waals surface area contributed by atoms with Crippen molar-refractivity contribution >= 4 is 12.1 Å². The van der Waals surface area contributed by atoms with Gasteiger partial charge in [-0.1, -0.05) is 104 Å². The predicted molar refractivity (Wildman–Crippen MR) is 127 cm³/mol. The monoisotopic (exact) mass is 439 g/mol. The number of nitrogens with one attached hydrogen (secondary N) is 1. The van der Waals surface area contributed by atoms with Crippen molar-refractivity contribution in [3.05, 3.63) is 0 Å². The summed E-state index contributed by atoms with van der Waals surface area (Å²) >= 11 is 0. The van der Waals surface area contributed by atoms with E-state index in [0.717, 1.165) is 38.5 Å². The van der Waals surface area contributed by atoms with E-state index >= 15 is 0 Å². The van der Waals surface area contributed by atoms with E-state index in [1.54, 1.807) is 0 Å². The summed E-state index contributed by atoms with van der Waals surface area (Å²) in [6.07, 6.45) is 18.8. The van der Waals surface area contributed by atoms with Crippen molar-refractivity contribution in [2.45, 2.75) is 130 Å². The zero-order valence-electron chi connectivity index (χ0n) is 20.6. The van der Waals surface area contributed by atoms with E-state index < -0.39 is 12.1 Å². The smallest absolute Gasteiger partial charge is 0.407 e. The number of alkyl carbamates (subject to hydrolysis) is 1. The molecular formula is C26H49NO4. The fourth-order valence-electron chi connectivity index (χ4n) is 4.28. The Kier molecular flexibility index (Phi) is 16.4. The molecule has 0 spiro atoms. The van der Waals surface area contributed by atoms with Gasteiger partial charge in [-0.25, -0.2) is 9.59 Å². The van der Waals surface area contributed by atoms with Crippen molar-refractivity contribution in [1.82, 2.24) is 5.32 Å². The van der Waals surface area contributed by atoms with Gasteiger partial charge in [-0.3, -0.25) is 0 Å². The largest absolute Gasteiger partial charge is 0.464 e. The van der Waals surface area contributed by atoms with Crippen LogP contribution in [0, 0.1) is 11.8 Å². The average Bonchev–Trinajstić information content (AvgIpc) is 2.77. The molecule has 0 bridgehead atoms. The minimum absolute atomic E-state index is 0.158. The Hall–Kier alpha value is -1.26. The number of unbranched alkanes of at least 4 members (excludes halogenated alkanes) is 10. The first-order valence-electron chi connectivity index (χ1n) is 13.1. The molecule has 1 amide bonds. The van der Waals surface area contributed by atoms with Gasteiger partial charge < -0.3 is 14.8 Å². The molecular weight excluding hydrogens is 390 g/mol. The van der Waals surface area contributed by atoms with Gasteiger partial charge in [0.05, 0.1) is 13.2 Å². The van der Waals surface area contributed by atoms with E-state index in [2.05, 4.69) is 12.2 Å². The fraction of sp³-hybridized carbons (Fsp3) is 0.923. The summed E-state index contributed by atoms with van der Waals surface area (Å²) in [4.78, 5) is 24.8. The minimum Gasteiger partial charge on any atom is -0.464 e. The maximum absolute atomic E-state index is 12.7. The SMILES string of the molecule is CCCCCCCCCCCCCOC(=O)C(NC(=O)OCC(C)C)C1CCCCC1. The molecule has 1 N–H and O–H groups in total. The summed E-state index contributed by atoms with van der Waals surface area (Å²) in [5.41, 5.74) is 0. The lowest BCUT2D eigenvalue weighted by Gasteiger charge is -2.29. The van der Waals surface area contributed by atoms with Crippen molar-refractivity contribution < 1.29 is 19.1 Å². The lowest BCUT2D eigenvalue weighted by atomic mass is 9.84. The van der Waals surface area contributed by atoms with Gasteiger partial charge in [-0.05, 0) is 31.1 Å². The highest BCUT2D eigenvalue weighted by Gasteiger charge is 2.32. The molecule has 1 rings (SSSR count). The molecule has 0 saturated heterocycles. The first kappa shape index (κ1) is 27.8. The Morgan fingerprint density at radius 1 is 0.806 bits per heavy atom. The van der Waals surface area contributed by atoms with Gasteiger partial charge in [0.2, 0.25) is 0 Å². The summed E-state index contributed by atoms with van der Waals surface area (Å²) in [5, 5.41) is 2.80. The van der Waals surface area contributed by atoms with Crippen LogP contribution in [0.2, 0.25) is 0 Å². The first-order chi connectivity index (χ1) is 15.0. The molecule has 31 heavy (non-hydrogen) atoms. The first-order valence-corrected chi connectivity index (χ1v) is 13.1. The van der Waals surface area contributed by atoms with Gasteiger partial charge >= 0.3 is 12.1 Å². The summed E-state index contributed by atoms with van der Waals surface area (Å²) in [6.45, 7) is 7.05. The van der Waals surface area contributed by atoms with E-state index in [9.17, 15) is 9.59 Å². The van der Waals surface area contributed by atoms with E-state index in [1.165, 1.54) is 64.2 Å². The topological polar surface area (TPSA) is 64.6 Å². The van der Waals surface area contributed by atoms with Crippen LogP contribution in [-0.4, -0.2) is 31.3 Å². The van der Waals surface area contributed by atoms with Gasteiger partial charge in [0, 0.05) is 0 Å². The van der Waals surface area contributed by atoms with Crippen LogP contribution in [-0.2, 0) is 14.3 Å². The standard InChI is InChI=1S/C26H49NO4/c1-4-5-6-7-8-9-10-11-12-13-17-20-30-25(28)24(23-18-15-14-16-19-23)27-26(29)31-21-22(2)3/h22-24H,4-21H2,1-3H3,(H,27,29). The quantitative estimate of drug-likeness (QED) is 0.193. The van der Waals surface area contributed by atoms with Crippen molar-refractivity contribution in [2.75, 3.05) is 13.2 Å². The molecule has 1 saturated carbocycles. The summed E-state index contributed by atoms with van der Waals surface area (Å²) in [6, 6.07) is -0.576. The average molecular weight is 440 g/mol.